The van der Waals surface area contributed by atoms with Crippen molar-refractivity contribution >= 4 is 33.1 Å². The Hall–Kier alpha value is -2.32. The molecule has 1 aliphatic heterocycles. The van der Waals surface area contributed by atoms with E-state index in [4.69, 9.17) is 15.2 Å². The molecule has 0 radical (unpaired) electrons. The predicted molar refractivity (Wildman–Crippen MR) is 123 cm³/mol. The van der Waals surface area contributed by atoms with Crippen LogP contribution in [0.25, 0.3) is 0 Å². The van der Waals surface area contributed by atoms with Gasteiger partial charge in [-0.3, -0.25) is 4.99 Å². The highest BCUT2D eigenvalue weighted by atomic mass is 79.9. The number of benzene rings is 2. The summed E-state index contributed by atoms with van der Waals surface area (Å²) in [5, 5.41) is 3.01. The fourth-order valence-corrected chi connectivity index (χ4v) is 3.78. The van der Waals surface area contributed by atoms with Crippen LogP contribution >= 0.6 is 15.9 Å². The Labute approximate surface area is 185 Å². The lowest BCUT2D eigenvalue weighted by atomic mass is 9.98. The average molecular weight is 479 g/mol. The summed E-state index contributed by atoms with van der Waals surface area (Å²) >= 11 is 3.26. The number of nitrogens with zero attached hydrogens (tertiary/aromatic N) is 2. The van der Waals surface area contributed by atoms with Gasteiger partial charge in [-0.25, -0.2) is 4.39 Å². The minimum absolute atomic E-state index is 0.305. The highest BCUT2D eigenvalue weighted by molar-refractivity contribution is 9.10. The molecule has 2 aromatic rings. The number of nitrogen functional groups attached to an aromatic ring is 1. The molecule has 3 rings (SSSR count). The molecule has 0 amide bonds. The molecule has 30 heavy (non-hydrogen) atoms. The van der Waals surface area contributed by atoms with Crippen LogP contribution in [-0.4, -0.2) is 51.6 Å². The summed E-state index contributed by atoms with van der Waals surface area (Å²) in [5.41, 5.74) is 7.69. The number of hydrogen-bond acceptors (Lipinski definition) is 5. The first-order valence-electron chi connectivity index (χ1n) is 9.89. The molecule has 8 heteroatoms. The Morgan fingerprint density at radius 3 is 2.63 bits per heavy atom. The van der Waals surface area contributed by atoms with Crippen molar-refractivity contribution in [2.24, 2.45) is 10.9 Å². The van der Waals surface area contributed by atoms with Crippen molar-refractivity contribution in [1.82, 2.24) is 4.90 Å². The molecule has 3 N–H and O–H groups in total. The highest BCUT2D eigenvalue weighted by Gasteiger charge is 2.20. The van der Waals surface area contributed by atoms with Gasteiger partial charge < -0.3 is 25.4 Å². The van der Waals surface area contributed by atoms with E-state index < -0.39 is 5.82 Å². The lowest BCUT2D eigenvalue weighted by Crippen LogP contribution is -2.32. The van der Waals surface area contributed by atoms with E-state index in [1.165, 1.54) is 6.07 Å². The van der Waals surface area contributed by atoms with Crippen LogP contribution in [0, 0.1) is 11.7 Å². The first-order valence-corrected chi connectivity index (χ1v) is 10.7. The number of halogens is 2. The molecule has 162 valence electrons. The minimum Gasteiger partial charge on any atom is -0.493 e. The van der Waals surface area contributed by atoms with Crippen molar-refractivity contribution < 1.29 is 13.9 Å². The SMILES string of the molecule is CN=C(Nc1ccc(Br)cc1F)c1cc(OC)c(OCC2CCN(C)CC2)cc1N. The van der Waals surface area contributed by atoms with Crippen molar-refractivity contribution in [1.29, 1.82) is 0 Å². The predicted octanol–water partition coefficient (Wildman–Crippen LogP) is 4.39. The van der Waals surface area contributed by atoms with Gasteiger partial charge in [0.25, 0.3) is 0 Å². The van der Waals surface area contributed by atoms with Crippen LogP contribution in [0.3, 0.4) is 0 Å². The molecule has 1 fully saturated rings. The number of anilines is 2. The van der Waals surface area contributed by atoms with Crippen molar-refractivity contribution in [2.75, 3.05) is 52.0 Å². The second-order valence-electron chi connectivity index (χ2n) is 7.47. The maximum absolute atomic E-state index is 14.2. The molecule has 0 bridgehead atoms. The van der Waals surface area contributed by atoms with Crippen LogP contribution < -0.4 is 20.5 Å². The number of piperidine rings is 1. The van der Waals surface area contributed by atoms with Crippen LogP contribution in [-0.2, 0) is 0 Å². The van der Waals surface area contributed by atoms with E-state index in [1.54, 1.807) is 38.4 Å². The normalized spacial score (nSPS) is 15.8. The molecular weight excluding hydrogens is 451 g/mol. The van der Waals surface area contributed by atoms with E-state index >= 15 is 0 Å². The van der Waals surface area contributed by atoms with Crippen molar-refractivity contribution in [3.63, 3.8) is 0 Å². The summed E-state index contributed by atoms with van der Waals surface area (Å²) in [4.78, 5) is 6.59. The van der Waals surface area contributed by atoms with Gasteiger partial charge >= 0.3 is 0 Å². The molecule has 0 spiro atoms. The van der Waals surface area contributed by atoms with Gasteiger partial charge in [0.15, 0.2) is 11.5 Å². The molecule has 2 aromatic carbocycles. The molecule has 0 unspecified atom stereocenters. The Balaban J connectivity index is 1.78. The maximum atomic E-state index is 14.2. The van der Waals surface area contributed by atoms with Crippen molar-refractivity contribution in [3.05, 3.63) is 46.2 Å². The number of ether oxygens (including phenoxy) is 2. The van der Waals surface area contributed by atoms with Crippen LogP contribution in [0.1, 0.15) is 18.4 Å². The number of amidine groups is 1. The summed E-state index contributed by atoms with van der Waals surface area (Å²) in [7, 11) is 5.35. The Morgan fingerprint density at radius 2 is 2.00 bits per heavy atom. The van der Waals surface area contributed by atoms with E-state index in [-0.39, 0.29) is 0 Å². The van der Waals surface area contributed by atoms with Gasteiger partial charge in [0.1, 0.15) is 11.7 Å². The van der Waals surface area contributed by atoms with Crippen LogP contribution in [0.5, 0.6) is 11.5 Å². The standard InChI is InChI=1S/C22H28BrFN4O2/c1-26-22(27-19-5-4-15(23)10-17(19)24)16-11-20(29-3)21(12-18(16)25)30-13-14-6-8-28(2)9-7-14/h4-5,10-12,14H,6-9,13,25H2,1-3H3,(H,26,27). The third-order valence-corrected chi connectivity index (χ3v) is 5.80. The fraction of sp³-hybridized carbons (Fsp3) is 0.409. The van der Waals surface area contributed by atoms with Gasteiger partial charge in [0, 0.05) is 28.8 Å². The summed E-state index contributed by atoms with van der Waals surface area (Å²) in [6.45, 7) is 2.79. The van der Waals surface area contributed by atoms with Crippen molar-refractivity contribution in [2.45, 2.75) is 12.8 Å². The third-order valence-electron chi connectivity index (χ3n) is 5.31. The zero-order valence-corrected chi connectivity index (χ0v) is 19.1. The van der Waals surface area contributed by atoms with Gasteiger partial charge in [-0.05, 0) is 63.2 Å². The Bertz CT molecular complexity index is 914. The van der Waals surface area contributed by atoms with Crippen LogP contribution in [0.4, 0.5) is 15.8 Å². The first-order chi connectivity index (χ1) is 14.4. The number of nitrogens with two attached hydrogens (primary N) is 1. The Morgan fingerprint density at radius 1 is 1.27 bits per heavy atom. The van der Waals surface area contributed by atoms with E-state index in [1.807, 2.05) is 0 Å². The van der Waals surface area contributed by atoms with Crippen LogP contribution in [0.15, 0.2) is 39.8 Å². The van der Waals surface area contributed by atoms with Crippen LogP contribution in [0.2, 0.25) is 0 Å². The van der Waals surface area contributed by atoms with Gasteiger partial charge in [-0.1, -0.05) is 15.9 Å². The summed E-state index contributed by atoms with van der Waals surface area (Å²) in [6, 6.07) is 8.29. The molecule has 0 saturated carbocycles. The molecule has 1 aliphatic rings. The monoisotopic (exact) mass is 478 g/mol. The quantitative estimate of drug-likeness (QED) is 0.366. The zero-order valence-electron chi connectivity index (χ0n) is 17.5. The number of nitrogens with one attached hydrogen (secondary N) is 1. The van der Waals surface area contributed by atoms with E-state index in [2.05, 4.69) is 38.2 Å². The first kappa shape index (κ1) is 22.4. The molecular formula is C22H28BrFN4O2. The minimum atomic E-state index is -0.394. The second kappa shape index (κ2) is 10.1. The fourth-order valence-electron chi connectivity index (χ4n) is 3.45. The lowest BCUT2D eigenvalue weighted by Gasteiger charge is -2.29. The van der Waals surface area contributed by atoms with Gasteiger partial charge in [-0.15, -0.1) is 0 Å². The number of methoxy groups -OCH3 is 1. The molecule has 0 aromatic heterocycles. The average Bonchev–Trinajstić information content (AvgIpc) is 2.73. The number of aliphatic imine (C=N–C) groups is 1. The molecule has 0 aliphatic carbocycles. The third kappa shape index (κ3) is 5.43. The Kier molecular flexibility index (Phi) is 7.55. The largest absolute Gasteiger partial charge is 0.493 e. The molecule has 1 saturated heterocycles. The molecule has 6 nitrogen and oxygen atoms in total. The smallest absolute Gasteiger partial charge is 0.163 e. The summed E-state index contributed by atoms with van der Waals surface area (Å²) < 4.78 is 26.5. The molecule has 0 atom stereocenters. The van der Waals surface area contributed by atoms with Gasteiger partial charge in [-0.2, -0.15) is 0 Å². The zero-order chi connectivity index (χ0) is 21.7. The molecule has 1 heterocycles. The summed E-state index contributed by atoms with van der Waals surface area (Å²) in [6.07, 6.45) is 2.23. The number of hydrogen-bond donors (Lipinski definition) is 2. The summed E-state index contributed by atoms with van der Waals surface area (Å²) in [5.74, 6) is 1.72. The van der Waals surface area contributed by atoms with Gasteiger partial charge in [0.05, 0.1) is 19.4 Å². The van der Waals surface area contributed by atoms with E-state index in [9.17, 15) is 4.39 Å². The lowest BCUT2D eigenvalue weighted by molar-refractivity contribution is 0.157. The maximum Gasteiger partial charge on any atom is 0.163 e. The number of likely N-dealkylation sites (tertiary alicyclic amines) is 1. The topological polar surface area (TPSA) is 72.1 Å². The highest BCUT2D eigenvalue weighted by Crippen LogP contribution is 2.34. The van der Waals surface area contributed by atoms with Gasteiger partial charge in [0.2, 0.25) is 0 Å². The van der Waals surface area contributed by atoms with E-state index in [0.29, 0.717) is 51.3 Å². The second-order valence-corrected chi connectivity index (χ2v) is 8.39. The van der Waals surface area contributed by atoms with E-state index in [0.717, 1.165) is 25.9 Å². The number of rotatable bonds is 6. The van der Waals surface area contributed by atoms with Crippen molar-refractivity contribution in [3.8, 4) is 11.5 Å².